The van der Waals surface area contributed by atoms with Gasteiger partial charge in [0.1, 0.15) is 5.82 Å². The van der Waals surface area contributed by atoms with E-state index in [1.807, 2.05) is 6.08 Å². The third-order valence-corrected chi connectivity index (χ3v) is 6.60. The maximum atomic E-state index is 11.5. The number of allylic oxidation sites excluding steroid dienone is 4. The summed E-state index contributed by atoms with van der Waals surface area (Å²) in [6, 6.07) is -0.0760. The number of rotatable bonds is 7. The summed E-state index contributed by atoms with van der Waals surface area (Å²) in [6.07, 6.45) is 11.4. The SMILES string of the molecule is C=CC1=CC(O)C(c2nnc(N=O)n2C2C=CC(CN3CCOCC3)CC2)C=C1CC#CC. The first-order valence-electron chi connectivity index (χ1n) is 11.5. The standard InChI is InChI=1S/C25H31N5O3/c1-3-5-6-20-15-22(23(31)16-19(20)4-2)24-26-27-25(28-32)30(24)21-9-7-18(8-10-21)17-29-11-13-33-14-12-29/h4,7,9,15-16,18,21-23,31H,2,6,8,10-14,17H2,1H3. The Morgan fingerprint density at radius 1 is 1.27 bits per heavy atom. The summed E-state index contributed by atoms with van der Waals surface area (Å²) in [5.74, 6) is 6.60. The Hall–Kier alpha value is -2.86. The third-order valence-electron chi connectivity index (χ3n) is 6.60. The van der Waals surface area contributed by atoms with Gasteiger partial charge in [-0.15, -0.1) is 21.0 Å². The van der Waals surface area contributed by atoms with Crippen LogP contribution in [0.1, 0.15) is 44.0 Å². The van der Waals surface area contributed by atoms with Crippen molar-refractivity contribution in [3.8, 4) is 11.8 Å². The van der Waals surface area contributed by atoms with Crippen LogP contribution >= 0.6 is 0 Å². The van der Waals surface area contributed by atoms with E-state index in [0.717, 1.165) is 56.8 Å². The Morgan fingerprint density at radius 2 is 2.09 bits per heavy atom. The van der Waals surface area contributed by atoms with Gasteiger partial charge in [-0.1, -0.05) is 36.8 Å². The smallest absolute Gasteiger partial charge is 0.292 e. The van der Waals surface area contributed by atoms with Crippen LogP contribution in [0.4, 0.5) is 5.95 Å². The summed E-state index contributed by atoms with van der Waals surface area (Å²) < 4.78 is 7.23. The predicted molar refractivity (Wildman–Crippen MR) is 127 cm³/mol. The topological polar surface area (TPSA) is 92.8 Å². The van der Waals surface area contributed by atoms with Crippen LogP contribution in [0.2, 0.25) is 0 Å². The van der Waals surface area contributed by atoms with Gasteiger partial charge in [0.25, 0.3) is 5.95 Å². The lowest BCUT2D eigenvalue weighted by molar-refractivity contribution is 0.0324. The van der Waals surface area contributed by atoms with E-state index in [0.29, 0.717) is 18.2 Å². The van der Waals surface area contributed by atoms with Gasteiger partial charge >= 0.3 is 0 Å². The zero-order valence-corrected chi connectivity index (χ0v) is 19.1. The minimum absolute atomic E-state index is 0.0419. The molecule has 0 bridgehead atoms. The number of ether oxygens (including phenoxy) is 1. The van der Waals surface area contributed by atoms with E-state index in [9.17, 15) is 10.0 Å². The molecular formula is C25H31N5O3. The summed E-state index contributed by atoms with van der Waals surface area (Å²) >= 11 is 0. The highest BCUT2D eigenvalue weighted by Gasteiger charge is 2.32. The van der Waals surface area contributed by atoms with Gasteiger partial charge in [0.2, 0.25) is 0 Å². The molecule has 174 valence electrons. The van der Waals surface area contributed by atoms with Crippen molar-refractivity contribution in [1.82, 2.24) is 19.7 Å². The lowest BCUT2D eigenvalue weighted by Crippen LogP contribution is -2.39. The molecule has 4 atom stereocenters. The van der Waals surface area contributed by atoms with Gasteiger partial charge in [0.15, 0.2) is 0 Å². The van der Waals surface area contributed by atoms with Gasteiger partial charge < -0.3 is 9.84 Å². The first-order valence-corrected chi connectivity index (χ1v) is 11.5. The molecule has 8 nitrogen and oxygen atoms in total. The second-order valence-electron chi connectivity index (χ2n) is 8.66. The predicted octanol–water partition coefficient (Wildman–Crippen LogP) is 3.43. The minimum Gasteiger partial charge on any atom is -0.388 e. The maximum absolute atomic E-state index is 11.5. The number of hydrogen-bond donors (Lipinski definition) is 1. The summed E-state index contributed by atoms with van der Waals surface area (Å²) in [5.41, 5.74) is 1.85. The molecule has 1 aromatic rings. The van der Waals surface area contributed by atoms with E-state index in [2.05, 4.69) is 50.8 Å². The van der Waals surface area contributed by atoms with Crippen molar-refractivity contribution < 1.29 is 9.84 Å². The molecule has 1 fully saturated rings. The highest BCUT2D eigenvalue weighted by atomic mass is 16.5. The van der Waals surface area contributed by atoms with Gasteiger partial charge in [-0.3, -0.25) is 9.47 Å². The molecule has 2 heterocycles. The molecule has 0 radical (unpaired) electrons. The molecule has 0 saturated carbocycles. The summed E-state index contributed by atoms with van der Waals surface area (Å²) in [4.78, 5) is 14.0. The van der Waals surface area contributed by atoms with Crippen LogP contribution in [0.3, 0.4) is 0 Å². The van der Waals surface area contributed by atoms with Gasteiger partial charge in [-0.05, 0) is 42.9 Å². The van der Waals surface area contributed by atoms with Crippen molar-refractivity contribution in [2.24, 2.45) is 11.1 Å². The van der Waals surface area contributed by atoms with E-state index in [4.69, 9.17) is 4.74 Å². The number of aliphatic hydroxyl groups excluding tert-OH is 1. The highest BCUT2D eigenvalue weighted by molar-refractivity contribution is 5.47. The van der Waals surface area contributed by atoms with E-state index >= 15 is 0 Å². The van der Waals surface area contributed by atoms with Crippen molar-refractivity contribution in [3.63, 3.8) is 0 Å². The Balaban J connectivity index is 1.57. The van der Waals surface area contributed by atoms with Crippen molar-refractivity contribution in [3.05, 3.63) is 58.8 Å². The molecule has 2 aliphatic carbocycles. The zero-order valence-electron chi connectivity index (χ0n) is 19.1. The van der Waals surface area contributed by atoms with Crippen molar-refractivity contribution in [1.29, 1.82) is 0 Å². The van der Waals surface area contributed by atoms with Crippen LogP contribution in [0.5, 0.6) is 0 Å². The second-order valence-corrected chi connectivity index (χ2v) is 8.66. The van der Waals surface area contributed by atoms with Crippen molar-refractivity contribution in [2.45, 2.75) is 44.2 Å². The Morgan fingerprint density at radius 3 is 2.76 bits per heavy atom. The van der Waals surface area contributed by atoms with Gasteiger partial charge in [0, 0.05) is 31.2 Å². The number of nitroso groups, excluding NO2 is 1. The van der Waals surface area contributed by atoms with E-state index in [1.165, 1.54) is 0 Å². The zero-order chi connectivity index (χ0) is 23.2. The highest BCUT2D eigenvalue weighted by Crippen LogP contribution is 2.37. The van der Waals surface area contributed by atoms with Crippen molar-refractivity contribution in [2.75, 3.05) is 32.8 Å². The van der Waals surface area contributed by atoms with E-state index in [1.54, 1.807) is 23.6 Å². The molecule has 1 aromatic heterocycles. The summed E-state index contributed by atoms with van der Waals surface area (Å²) in [5, 5.41) is 22.3. The summed E-state index contributed by atoms with van der Waals surface area (Å²) in [7, 11) is 0. The molecule has 1 aliphatic heterocycles. The summed E-state index contributed by atoms with van der Waals surface area (Å²) in [6.45, 7) is 10.2. The fraction of sp³-hybridized carbons (Fsp3) is 0.520. The van der Waals surface area contributed by atoms with Crippen LogP contribution in [0.15, 0.2) is 53.3 Å². The fourth-order valence-electron chi connectivity index (χ4n) is 4.83. The van der Waals surface area contributed by atoms with Crippen LogP contribution in [-0.4, -0.2) is 63.7 Å². The van der Waals surface area contributed by atoms with Crippen LogP contribution in [0.25, 0.3) is 0 Å². The molecule has 33 heavy (non-hydrogen) atoms. The second kappa shape index (κ2) is 10.8. The third kappa shape index (κ3) is 5.22. The van der Waals surface area contributed by atoms with Crippen LogP contribution < -0.4 is 0 Å². The number of hydrogen-bond acceptors (Lipinski definition) is 7. The fourth-order valence-corrected chi connectivity index (χ4v) is 4.83. The first-order chi connectivity index (χ1) is 16.1. The Bertz CT molecular complexity index is 1020. The molecule has 0 amide bonds. The number of aromatic nitrogens is 3. The van der Waals surface area contributed by atoms with Crippen LogP contribution in [-0.2, 0) is 4.74 Å². The molecule has 3 aliphatic rings. The number of morpholine rings is 1. The minimum atomic E-state index is -0.805. The molecule has 0 aromatic carbocycles. The molecule has 0 spiro atoms. The molecule has 1 saturated heterocycles. The number of nitrogens with zero attached hydrogens (tertiary/aromatic N) is 5. The molecule has 4 rings (SSSR count). The van der Waals surface area contributed by atoms with Gasteiger partial charge in [-0.2, -0.15) is 0 Å². The van der Waals surface area contributed by atoms with Crippen LogP contribution in [0, 0.1) is 22.7 Å². The lowest BCUT2D eigenvalue weighted by Gasteiger charge is -2.32. The maximum Gasteiger partial charge on any atom is 0.292 e. The molecule has 1 N–H and O–H groups in total. The monoisotopic (exact) mass is 449 g/mol. The van der Waals surface area contributed by atoms with Gasteiger partial charge in [0.05, 0.1) is 31.3 Å². The molecular weight excluding hydrogens is 418 g/mol. The average Bonchev–Trinajstić information content (AvgIpc) is 3.28. The lowest BCUT2D eigenvalue weighted by atomic mass is 9.86. The average molecular weight is 450 g/mol. The number of aliphatic hydroxyl groups is 1. The van der Waals surface area contributed by atoms with Crippen molar-refractivity contribution >= 4 is 5.95 Å². The Labute approximate surface area is 194 Å². The molecule has 8 heteroatoms. The van der Waals surface area contributed by atoms with E-state index < -0.39 is 12.0 Å². The Kier molecular flexibility index (Phi) is 7.65. The first kappa shape index (κ1) is 23.3. The quantitative estimate of drug-likeness (QED) is 0.390. The molecule has 4 unspecified atom stereocenters. The van der Waals surface area contributed by atoms with E-state index in [-0.39, 0.29) is 12.0 Å². The normalized spacial score (nSPS) is 27.8. The van der Waals surface area contributed by atoms with Gasteiger partial charge in [-0.25, -0.2) is 0 Å². The largest absolute Gasteiger partial charge is 0.388 e.